The Hall–Kier alpha value is -3.84. The molecule has 1 unspecified atom stereocenters. The van der Waals surface area contributed by atoms with Gasteiger partial charge < -0.3 is 14.6 Å². The summed E-state index contributed by atoms with van der Waals surface area (Å²) in [4.78, 5) is 27.9. The number of hydrogen-bond acceptors (Lipinski definition) is 5. The lowest BCUT2D eigenvalue weighted by molar-refractivity contribution is -0.132. The minimum Gasteiger partial charge on any atom is -0.507 e. The lowest BCUT2D eigenvalue weighted by Crippen LogP contribution is -2.30. The van der Waals surface area contributed by atoms with Gasteiger partial charge in [-0.3, -0.25) is 14.5 Å². The summed E-state index contributed by atoms with van der Waals surface area (Å²) in [6.45, 7) is 3.79. The standard InChI is InChI=1S/C27H23ClFNO5/c1-14-9-10-16(11-15(14)2)30-24(17-7-5-6-8-20(17)29)23(26(32)27(30)33)25(31)18-12-22(35-4)19(28)13-21(18)34-3/h5-13,24,31H,1-4H3/b25-23+. The number of ketones is 1. The molecule has 0 saturated carbocycles. The molecule has 1 aliphatic rings. The number of aliphatic hydroxyl groups excluding tert-OH is 1. The molecule has 1 atom stereocenters. The lowest BCUT2D eigenvalue weighted by atomic mass is 9.94. The molecular weight excluding hydrogens is 473 g/mol. The predicted molar refractivity (Wildman–Crippen MR) is 132 cm³/mol. The van der Waals surface area contributed by atoms with Gasteiger partial charge in [0.2, 0.25) is 0 Å². The highest BCUT2D eigenvalue weighted by molar-refractivity contribution is 6.51. The summed E-state index contributed by atoms with van der Waals surface area (Å²) in [7, 11) is 2.77. The molecule has 180 valence electrons. The maximum absolute atomic E-state index is 15.1. The van der Waals surface area contributed by atoms with Crippen molar-refractivity contribution in [3.63, 3.8) is 0 Å². The zero-order valence-electron chi connectivity index (χ0n) is 19.6. The number of benzene rings is 3. The van der Waals surface area contributed by atoms with Crippen LogP contribution in [0.25, 0.3) is 5.76 Å². The summed E-state index contributed by atoms with van der Waals surface area (Å²) in [6, 6.07) is 12.7. The van der Waals surface area contributed by atoms with Crippen molar-refractivity contribution in [3.8, 4) is 11.5 Å². The van der Waals surface area contributed by atoms with Gasteiger partial charge >= 0.3 is 0 Å². The average molecular weight is 496 g/mol. The van der Waals surface area contributed by atoms with Gasteiger partial charge in [0.05, 0.1) is 36.4 Å². The van der Waals surface area contributed by atoms with Gasteiger partial charge in [-0.15, -0.1) is 0 Å². The fourth-order valence-electron chi connectivity index (χ4n) is 4.16. The van der Waals surface area contributed by atoms with E-state index in [1.165, 1.54) is 49.5 Å². The topological polar surface area (TPSA) is 76.1 Å². The number of hydrogen-bond donors (Lipinski definition) is 1. The minimum absolute atomic E-state index is 0.0615. The Kier molecular flexibility index (Phi) is 6.54. The first-order chi connectivity index (χ1) is 16.7. The first kappa shape index (κ1) is 24.3. The van der Waals surface area contributed by atoms with Gasteiger partial charge in [0.15, 0.2) is 0 Å². The van der Waals surface area contributed by atoms with Gasteiger partial charge in [-0.2, -0.15) is 0 Å². The molecule has 35 heavy (non-hydrogen) atoms. The van der Waals surface area contributed by atoms with E-state index < -0.39 is 29.3 Å². The third-order valence-corrected chi connectivity index (χ3v) is 6.44. The molecule has 0 spiro atoms. The van der Waals surface area contributed by atoms with E-state index in [1.807, 2.05) is 19.9 Å². The number of methoxy groups -OCH3 is 2. The number of anilines is 1. The van der Waals surface area contributed by atoms with Gasteiger partial charge in [-0.25, -0.2) is 4.39 Å². The molecule has 0 bridgehead atoms. The smallest absolute Gasteiger partial charge is 0.300 e. The van der Waals surface area contributed by atoms with E-state index >= 15 is 4.39 Å². The first-order valence-electron chi connectivity index (χ1n) is 10.7. The number of Topliss-reactive ketones (excluding diaryl/α,β-unsaturated/α-hetero) is 1. The largest absolute Gasteiger partial charge is 0.507 e. The molecule has 4 rings (SSSR count). The zero-order chi connectivity index (χ0) is 25.4. The number of ether oxygens (including phenoxy) is 2. The second kappa shape index (κ2) is 9.43. The quantitative estimate of drug-likeness (QED) is 0.277. The van der Waals surface area contributed by atoms with Crippen LogP contribution >= 0.6 is 11.6 Å². The van der Waals surface area contributed by atoms with Gasteiger partial charge in [0.25, 0.3) is 11.7 Å². The molecule has 3 aromatic rings. The van der Waals surface area contributed by atoms with Crippen LogP contribution < -0.4 is 14.4 Å². The van der Waals surface area contributed by atoms with E-state index in [0.717, 1.165) is 11.1 Å². The highest BCUT2D eigenvalue weighted by Crippen LogP contribution is 2.45. The van der Waals surface area contributed by atoms with E-state index in [0.29, 0.717) is 5.69 Å². The Balaban J connectivity index is 2.03. The third kappa shape index (κ3) is 4.12. The molecule has 0 aromatic heterocycles. The summed E-state index contributed by atoms with van der Waals surface area (Å²) in [6.07, 6.45) is 0. The predicted octanol–water partition coefficient (Wildman–Crippen LogP) is 5.74. The SMILES string of the molecule is COc1cc(/C(O)=C2\C(=O)C(=O)N(c3ccc(C)c(C)c3)C2c2ccccc2F)c(OC)cc1Cl. The van der Waals surface area contributed by atoms with Crippen LogP contribution in [0.4, 0.5) is 10.1 Å². The number of aryl methyl sites for hydroxylation is 2. The van der Waals surface area contributed by atoms with Crippen LogP contribution in [0.2, 0.25) is 5.02 Å². The number of halogens is 2. The van der Waals surface area contributed by atoms with Crippen molar-refractivity contribution in [2.45, 2.75) is 19.9 Å². The van der Waals surface area contributed by atoms with Crippen LogP contribution in [0.1, 0.15) is 28.3 Å². The van der Waals surface area contributed by atoms with E-state index in [-0.39, 0.29) is 33.2 Å². The van der Waals surface area contributed by atoms with Crippen LogP contribution in [0, 0.1) is 19.7 Å². The summed E-state index contributed by atoms with van der Waals surface area (Å²) < 4.78 is 25.7. The number of rotatable bonds is 5. The highest BCUT2D eigenvalue weighted by atomic mass is 35.5. The molecule has 1 saturated heterocycles. The number of amides is 1. The molecule has 1 fully saturated rings. The number of carbonyl (C=O) groups excluding carboxylic acids is 2. The fourth-order valence-corrected chi connectivity index (χ4v) is 4.39. The molecule has 0 aliphatic carbocycles. The van der Waals surface area contributed by atoms with Gasteiger partial charge in [-0.1, -0.05) is 35.9 Å². The molecule has 6 nitrogen and oxygen atoms in total. The molecule has 0 radical (unpaired) electrons. The van der Waals surface area contributed by atoms with Crippen LogP contribution in [-0.4, -0.2) is 31.0 Å². The second-order valence-electron chi connectivity index (χ2n) is 8.15. The van der Waals surface area contributed by atoms with Crippen molar-refractivity contribution < 1.29 is 28.6 Å². The fraction of sp³-hybridized carbons (Fsp3) is 0.185. The van der Waals surface area contributed by atoms with Crippen LogP contribution in [0.3, 0.4) is 0 Å². The molecular formula is C27H23ClFNO5. The Morgan fingerprint density at radius 2 is 1.66 bits per heavy atom. The van der Waals surface area contributed by atoms with E-state index in [2.05, 4.69) is 0 Å². The zero-order valence-corrected chi connectivity index (χ0v) is 20.3. The highest BCUT2D eigenvalue weighted by Gasteiger charge is 2.48. The van der Waals surface area contributed by atoms with Gasteiger partial charge in [-0.05, 0) is 49.2 Å². The molecule has 3 aromatic carbocycles. The van der Waals surface area contributed by atoms with Crippen molar-refractivity contribution in [3.05, 3.63) is 93.3 Å². The molecule has 1 N–H and O–H groups in total. The molecule has 1 heterocycles. The maximum atomic E-state index is 15.1. The second-order valence-corrected chi connectivity index (χ2v) is 8.55. The third-order valence-electron chi connectivity index (χ3n) is 6.14. The first-order valence-corrected chi connectivity index (χ1v) is 11.1. The van der Waals surface area contributed by atoms with Crippen LogP contribution in [-0.2, 0) is 9.59 Å². The molecule has 1 aliphatic heterocycles. The van der Waals surface area contributed by atoms with Crippen molar-refractivity contribution in [2.24, 2.45) is 0 Å². The van der Waals surface area contributed by atoms with E-state index in [9.17, 15) is 14.7 Å². The Morgan fingerprint density at radius 3 is 2.29 bits per heavy atom. The Bertz CT molecular complexity index is 1380. The Morgan fingerprint density at radius 1 is 0.971 bits per heavy atom. The van der Waals surface area contributed by atoms with Crippen molar-refractivity contribution in [2.75, 3.05) is 19.1 Å². The van der Waals surface area contributed by atoms with Gasteiger partial charge in [0, 0.05) is 17.3 Å². The summed E-state index contributed by atoms with van der Waals surface area (Å²) in [5.41, 5.74) is 2.15. The normalized spacial score (nSPS) is 17.1. The summed E-state index contributed by atoms with van der Waals surface area (Å²) in [5, 5.41) is 11.6. The van der Waals surface area contributed by atoms with E-state index in [4.69, 9.17) is 21.1 Å². The van der Waals surface area contributed by atoms with Crippen molar-refractivity contribution >= 4 is 34.7 Å². The minimum atomic E-state index is -1.22. The average Bonchev–Trinajstić information content (AvgIpc) is 3.10. The number of aliphatic hydroxyl groups is 1. The van der Waals surface area contributed by atoms with E-state index in [1.54, 1.807) is 18.2 Å². The van der Waals surface area contributed by atoms with Crippen LogP contribution in [0.5, 0.6) is 11.5 Å². The number of carbonyl (C=O) groups is 2. The molecule has 1 amide bonds. The summed E-state index contributed by atoms with van der Waals surface area (Å²) >= 11 is 6.19. The van der Waals surface area contributed by atoms with Crippen LogP contribution in [0.15, 0.2) is 60.2 Å². The molecule has 8 heteroatoms. The Labute approximate surface area is 207 Å². The monoisotopic (exact) mass is 495 g/mol. The van der Waals surface area contributed by atoms with Crippen molar-refractivity contribution in [1.82, 2.24) is 0 Å². The van der Waals surface area contributed by atoms with Gasteiger partial charge in [0.1, 0.15) is 23.1 Å². The van der Waals surface area contributed by atoms with Crippen molar-refractivity contribution in [1.29, 1.82) is 0 Å². The number of nitrogens with zero attached hydrogens (tertiary/aromatic N) is 1. The lowest BCUT2D eigenvalue weighted by Gasteiger charge is -2.26. The summed E-state index contributed by atoms with van der Waals surface area (Å²) in [5.74, 6) is -2.62. The maximum Gasteiger partial charge on any atom is 0.300 e.